The molecule has 41 heavy (non-hydrogen) atoms. The van der Waals surface area contributed by atoms with Crippen molar-refractivity contribution in [2.24, 2.45) is 0 Å². The van der Waals surface area contributed by atoms with Gasteiger partial charge in [0.15, 0.2) is 0 Å². The minimum Gasteiger partial charge on any atom is -0.374 e. The molecular weight excluding hydrogens is 524 g/mol. The number of carbonyl (C=O) groups is 4. The maximum absolute atomic E-state index is 13.5. The zero-order valence-electron chi connectivity index (χ0n) is 22.9. The quantitative estimate of drug-likeness (QED) is 0.142. The maximum atomic E-state index is 13.5. The molecule has 0 unspecified atom stereocenters. The molecule has 0 aliphatic rings. The lowest BCUT2D eigenvalue weighted by molar-refractivity contribution is -0.136. The first kappa shape index (κ1) is 31.0. The van der Waals surface area contributed by atoms with Gasteiger partial charge >= 0.3 is 0 Å². The zero-order valence-corrected chi connectivity index (χ0v) is 22.9. The fraction of sp³-hybridized carbons (Fsp3) is 0.290. The molecule has 0 aliphatic carbocycles. The average molecular weight is 561 g/mol. The number of hydrogen-bond donors (Lipinski definition) is 5. The highest BCUT2D eigenvalue weighted by atomic mass is 16.5. The van der Waals surface area contributed by atoms with Crippen LogP contribution in [-0.4, -0.2) is 53.6 Å². The van der Waals surface area contributed by atoms with Gasteiger partial charge < -0.3 is 20.7 Å². The van der Waals surface area contributed by atoms with E-state index in [-0.39, 0.29) is 26.1 Å². The van der Waals surface area contributed by atoms with Gasteiger partial charge in [-0.25, -0.2) is 5.48 Å². The Labute approximate surface area is 239 Å². The fourth-order valence-corrected chi connectivity index (χ4v) is 4.20. The smallest absolute Gasteiger partial charge is 0.266 e. The molecule has 0 saturated carbocycles. The molecule has 0 aromatic heterocycles. The first-order valence-electron chi connectivity index (χ1n) is 13.4. The topological polar surface area (TPSA) is 146 Å². The summed E-state index contributed by atoms with van der Waals surface area (Å²) < 4.78 is 5.70. The van der Waals surface area contributed by atoms with Gasteiger partial charge in [0.25, 0.3) is 5.91 Å². The number of rotatable bonds is 15. The van der Waals surface area contributed by atoms with Crippen LogP contribution in [0.2, 0.25) is 0 Å². The molecule has 0 radical (unpaired) electrons. The zero-order chi connectivity index (χ0) is 29.5. The molecule has 0 saturated heterocycles. The predicted molar refractivity (Wildman–Crippen MR) is 152 cm³/mol. The minimum atomic E-state index is -1.09. The van der Waals surface area contributed by atoms with Crippen LogP contribution in [0.5, 0.6) is 0 Å². The first-order valence-corrected chi connectivity index (χ1v) is 13.4. The van der Waals surface area contributed by atoms with Crippen molar-refractivity contribution < 1.29 is 29.1 Å². The molecule has 0 heterocycles. The van der Waals surface area contributed by atoms with Gasteiger partial charge in [-0.05, 0) is 29.5 Å². The molecule has 3 atom stereocenters. The third-order valence-electron chi connectivity index (χ3n) is 6.31. The Morgan fingerprint density at radius 2 is 1.17 bits per heavy atom. The Morgan fingerprint density at radius 3 is 1.73 bits per heavy atom. The number of hydroxylamine groups is 1. The Balaban J connectivity index is 1.73. The van der Waals surface area contributed by atoms with Crippen molar-refractivity contribution in [1.29, 1.82) is 0 Å². The molecule has 3 aromatic rings. The van der Waals surface area contributed by atoms with Crippen LogP contribution in [0.15, 0.2) is 91.0 Å². The van der Waals surface area contributed by atoms with Crippen LogP contribution in [0.4, 0.5) is 0 Å². The Hall–Kier alpha value is -4.54. The van der Waals surface area contributed by atoms with Gasteiger partial charge in [0, 0.05) is 13.3 Å². The number of amides is 4. The third-order valence-corrected chi connectivity index (χ3v) is 6.31. The van der Waals surface area contributed by atoms with E-state index >= 15 is 0 Å². The van der Waals surface area contributed by atoms with Crippen molar-refractivity contribution in [2.45, 2.75) is 50.9 Å². The molecule has 10 heteroatoms. The number of carbonyl (C=O) groups excluding carboxylic acids is 4. The molecule has 216 valence electrons. The number of nitrogens with one attached hydrogen (secondary N) is 4. The van der Waals surface area contributed by atoms with Crippen molar-refractivity contribution in [3.63, 3.8) is 0 Å². The number of benzene rings is 3. The molecule has 5 N–H and O–H groups in total. The Bertz CT molecular complexity index is 1260. The second-order valence-electron chi connectivity index (χ2n) is 9.57. The number of hydrogen-bond acceptors (Lipinski definition) is 6. The van der Waals surface area contributed by atoms with Gasteiger partial charge in [-0.2, -0.15) is 0 Å². The summed E-state index contributed by atoms with van der Waals surface area (Å²) in [4.78, 5) is 51.0. The van der Waals surface area contributed by atoms with Gasteiger partial charge in [0.2, 0.25) is 17.7 Å². The lowest BCUT2D eigenvalue weighted by atomic mass is 10.0. The summed E-state index contributed by atoms with van der Waals surface area (Å²) >= 11 is 0. The minimum absolute atomic E-state index is 0.114. The van der Waals surface area contributed by atoms with Crippen molar-refractivity contribution in [3.05, 3.63) is 108 Å². The maximum Gasteiger partial charge on any atom is 0.266 e. The predicted octanol–water partition coefficient (Wildman–Crippen LogP) is 2.06. The van der Waals surface area contributed by atoms with E-state index in [1.807, 2.05) is 66.7 Å². The van der Waals surface area contributed by atoms with Crippen LogP contribution in [0.25, 0.3) is 0 Å². The van der Waals surface area contributed by atoms with Gasteiger partial charge in [-0.15, -0.1) is 0 Å². The summed E-state index contributed by atoms with van der Waals surface area (Å²) in [6, 6.07) is 24.7. The summed E-state index contributed by atoms with van der Waals surface area (Å²) in [5.74, 6) is -2.43. The van der Waals surface area contributed by atoms with Gasteiger partial charge in [-0.3, -0.25) is 24.4 Å². The van der Waals surface area contributed by atoms with E-state index in [1.165, 1.54) is 6.92 Å². The summed E-state index contributed by atoms with van der Waals surface area (Å²) in [5.41, 5.74) is 4.23. The highest BCUT2D eigenvalue weighted by Gasteiger charge is 2.29. The monoisotopic (exact) mass is 560 g/mol. The van der Waals surface area contributed by atoms with Crippen LogP contribution < -0.4 is 21.4 Å². The second-order valence-corrected chi connectivity index (χ2v) is 9.57. The van der Waals surface area contributed by atoms with Crippen molar-refractivity contribution in [1.82, 2.24) is 21.4 Å². The van der Waals surface area contributed by atoms with E-state index < -0.39 is 41.8 Å². The Morgan fingerprint density at radius 1 is 0.659 bits per heavy atom. The molecule has 3 aromatic carbocycles. The van der Waals surface area contributed by atoms with Crippen LogP contribution in [0.1, 0.15) is 30.0 Å². The van der Waals surface area contributed by atoms with E-state index in [1.54, 1.807) is 29.7 Å². The van der Waals surface area contributed by atoms with Crippen LogP contribution in [0, 0.1) is 0 Å². The SMILES string of the molecule is CC(=O)N[C@@H](COCc1ccccc1)C(=O)N[C@H](CCc1ccccc1)C(=O)N[C@H](Cc1ccccc1)C(=O)NO. The molecule has 10 nitrogen and oxygen atoms in total. The van der Waals surface area contributed by atoms with Gasteiger partial charge in [-0.1, -0.05) is 91.0 Å². The third kappa shape index (κ3) is 10.9. The summed E-state index contributed by atoms with van der Waals surface area (Å²) in [6.45, 7) is 1.41. The van der Waals surface area contributed by atoms with E-state index in [0.717, 1.165) is 16.7 Å². The number of aryl methyl sites for hydroxylation is 1. The lowest BCUT2D eigenvalue weighted by Gasteiger charge is -2.25. The van der Waals surface area contributed by atoms with E-state index in [2.05, 4.69) is 16.0 Å². The Kier molecular flexibility index (Phi) is 12.5. The van der Waals surface area contributed by atoms with E-state index in [0.29, 0.717) is 6.42 Å². The highest BCUT2D eigenvalue weighted by Crippen LogP contribution is 2.09. The van der Waals surface area contributed by atoms with Crippen LogP contribution in [0.3, 0.4) is 0 Å². The standard InChI is InChI=1S/C31H36N4O6/c1-22(36)32-28(21-41-20-25-15-9-4-10-16-25)30(38)33-26(18-17-23-11-5-2-6-12-23)29(37)34-27(31(39)35-40)19-24-13-7-3-8-14-24/h2-16,26-28,40H,17-21H2,1H3,(H,32,36)(H,33,38)(H,34,37)(H,35,39)/t26-,27-,28+/m1/s1. The largest absolute Gasteiger partial charge is 0.374 e. The number of ether oxygens (including phenoxy) is 1. The first-order chi connectivity index (χ1) is 19.9. The molecular formula is C31H36N4O6. The lowest BCUT2D eigenvalue weighted by Crippen LogP contribution is -2.57. The van der Waals surface area contributed by atoms with Gasteiger partial charge in [0.1, 0.15) is 18.1 Å². The molecule has 0 bridgehead atoms. The normalized spacial score (nSPS) is 12.8. The summed E-state index contributed by atoms with van der Waals surface area (Å²) in [5, 5.41) is 17.2. The second kappa shape index (κ2) is 16.5. The summed E-state index contributed by atoms with van der Waals surface area (Å²) in [7, 11) is 0. The molecule has 3 rings (SSSR count). The van der Waals surface area contributed by atoms with Crippen molar-refractivity contribution in [2.75, 3.05) is 6.61 Å². The van der Waals surface area contributed by atoms with Gasteiger partial charge in [0.05, 0.1) is 13.2 Å². The molecule has 4 amide bonds. The average Bonchev–Trinajstić information content (AvgIpc) is 2.99. The molecule has 0 fully saturated rings. The highest BCUT2D eigenvalue weighted by molar-refractivity contribution is 5.94. The van der Waals surface area contributed by atoms with Crippen molar-refractivity contribution >= 4 is 23.6 Å². The van der Waals surface area contributed by atoms with Crippen LogP contribution in [-0.2, 0) is 43.4 Å². The van der Waals surface area contributed by atoms with Crippen molar-refractivity contribution in [3.8, 4) is 0 Å². The summed E-state index contributed by atoms with van der Waals surface area (Å²) in [6.07, 6.45) is 0.808. The van der Waals surface area contributed by atoms with E-state index in [9.17, 15) is 24.4 Å². The van der Waals surface area contributed by atoms with Crippen LogP contribution >= 0.6 is 0 Å². The fourth-order valence-electron chi connectivity index (χ4n) is 4.20. The molecule has 0 spiro atoms. The van der Waals surface area contributed by atoms with E-state index in [4.69, 9.17) is 4.74 Å². The molecule has 0 aliphatic heterocycles.